The number of sulfone groups is 1. The molecule has 0 spiro atoms. The molecule has 208 valence electrons. The summed E-state index contributed by atoms with van der Waals surface area (Å²) in [6.07, 6.45) is 0.973. The number of anilines is 2. The van der Waals surface area contributed by atoms with Crippen LogP contribution >= 0.6 is 11.6 Å². The number of amides is 2. The Morgan fingerprint density at radius 1 is 0.949 bits per heavy atom. The van der Waals surface area contributed by atoms with Gasteiger partial charge in [-0.2, -0.15) is 0 Å². The number of halogens is 1. The van der Waals surface area contributed by atoms with Gasteiger partial charge in [-0.1, -0.05) is 56.5 Å². The lowest BCUT2D eigenvalue weighted by atomic mass is 10.1. The van der Waals surface area contributed by atoms with Crippen molar-refractivity contribution in [3.8, 4) is 11.5 Å². The van der Waals surface area contributed by atoms with Crippen LogP contribution < -0.4 is 15.4 Å². The second-order valence-electron chi connectivity index (χ2n) is 9.40. The van der Waals surface area contributed by atoms with Gasteiger partial charge >= 0.3 is 0 Å². The first-order valence-corrected chi connectivity index (χ1v) is 14.6. The molecule has 0 fully saturated rings. The zero-order valence-electron chi connectivity index (χ0n) is 22.3. The van der Waals surface area contributed by atoms with Gasteiger partial charge in [0.25, 0.3) is 5.91 Å². The van der Waals surface area contributed by atoms with Crippen LogP contribution in [0.4, 0.5) is 11.4 Å². The molecule has 0 saturated heterocycles. The molecule has 0 radical (unpaired) electrons. The van der Waals surface area contributed by atoms with E-state index in [1.165, 1.54) is 18.2 Å². The molecular weight excluding hydrogens is 540 g/mol. The van der Waals surface area contributed by atoms with Gasteiger partial charge in [-0.3, -0.25) is 9.59 Å². The first-order valence-electron chi connectivity index (χ1n) is 12.6. The summed E-state index contributed by atoms with van der Waals surface area (Å²) in [6, 6.07) is 15.3. The molecule has 8 nitrogen and oxygen atoms in total. The third kappa shape index (κ3) is 7.52. The fourth-order valence-corrected chi connectivity index (χ4v) is 5.50. The number of carbonyl (C=O) groups is 2. The second kappa shape index (κ2) is 13.0. The standard InChI is InChI=1S/C29H33ClN2O6S/c1-5-18(3)17-38-21-11-13-22(14-12-21)39(36,37)27(6-2)29(35)31-24-16-26(33)25(15-23(24)30)32-28(34)20-9-7-19(4)8-10-20/h7-16,18,27,33H,5-6,17H2,1-4H3,(H,31,35)(H,32,34). The van der Waals surface area contributed by atoms with Crippen LogP contribution in [-0.2, 0) is 14.6 Å². The largest absolute Gasteiger partial charge is 0.506 e. The molecule has 0 aliphatic heterocycles. The maximum Gasteiger partial charge on any atom is 0.255 e. The number of hydrogen-bond acceptors (Lipinski definition) is 6. The molecular formula is C29H33ClN2O6S. The molecule has 3 rings (SSSR count). The van der Waals surface area contributed by atoms with E-state index in [0.29, 0.717) is 23.8 Å². The SMILES string of the molecule is CCC(C)COc1ccc(S(=O)(=O)C(CC)C(=O)Nc2cc(O)c(NC(=O)c3ccc(C)cc3)cc2Cl)cc1. The second-order valence-corrected chi connectivity index (χ2v) is 11.9. The molecule has 3 N–H and O–H groups in total. The minimum Gasteiger partial charge on any atom is -0.506 e. The molecule has 2 unspecified atom stereocenters. The highest BCUT2D eigenvalue weighted by Gasteiger charge is 2.33. The number of phenolic OH excluding ortho intramolecular Hbond substituents is 1. The Bertz CT molecular complexity index is 1420. The molecule has 39 heavy (non-hydrogen) atoms. The van der Waals surface area contributed by atoms with E-state index in [2.05, 4.69) is 24.5 Å². The third-order valence-corrected chi connectivity index (χ3v) is 8.87. The van der Waals surface area contributed by atoms with Gasteiger partial charge in [-0.25, -0.2) is 8.42 Å². The minimum atomic E-state index is -4.03. The number of aryl methyl sites for hydroxylation is 1. The van der Waals surface area contributed by atoms with E-state index in [9.17, 15) is 23.1 Å². The first-order chi connectivity index (χ1) is 18.5. The topological polar surface area (TPSA) is 122 Å². The van der Waals surface area contributed by atoms with Crippen molar-refractivity contribution in [2.24, 2.45) is 5.92 Å². The zero-order chi connectivity index (χ0) is 28.7. The average Bonchev–Trinajstić information content (AvgIpc) is 2.90. The first kappa shape index (κ1) is 30.0. The summed E-state index contributed by atoms with van der Waals surface area (Å²) in [5.41, 5.74) is 1.43. The maximum absolute atomic E-state index is 13.3. The van der Waals surface area contributed by atoms with E-state index in [-0.39, 0.29) is 33.5 Å². The highest BCUT2D eigenvalue weighted by molar-refractivity contribution is 7.92. The van der Waals surface area contributed by atoms with Crippen molar-refractivity contribution < 1.29 is 27.9 Å². The van der Waals surface area contributed by atoms with E-state index in [1.807, 2.05) is 6.92 Å². The fourth-order valence-electron chi connectivity index (χ4n) is 3.66. The van der Waals surface area contributed by atoms with Crippen LogP contribution in [0.5, 0.6) is 11.5 Å². The van der Waals surface area contributed by atoms with E-state index in [4.69, 9.17) is 16.3 Å². The number of rotatable bonds is 11. The summed E-state index contributed by atoms with van der Waals surface area (Å²) >= 11 is 6.31. The summed E-state index contributed by atoms with van der Waals surface area (Å²) in [5.74, 6) is -0.687. The van der Waals surface area contributed by atoms with Gasteiger partial charge in [-0.15, -0.1) is 0 Å². The third-order valence-electron chi connectivity index (χ3n) is 6.33. The van der Waals surface area contributed by atoms with Crippen LogP contribution in [0.1, 0.15) is 49.5 Å². The summed E-state index contributed by atoms with van der Waals surface area (Å²) in [7, 11) is -4.03. The molecule has 0 saturated carbocycles. The molecule has 0 bridgehead atoms. The molecule has 3 aromatic rings. The molecule has 2 amide bonds. The van der Waals surface area contributed by atoms with E-state index in [0.717, 1.165) is 18.1 Å². The van der Waals surface area contributed by atoms with Crippen LogP contribution in [-0.4, -0.2) is 37.2 Å². The molecule has 0 heterocycles. The Morgan fingerprint density at radius 2 is 1.59 bits per heavy atom. The van der Waals surface area contributed by atoms with Crippen molar-refractivity contribution in [3.63, 3.8) is 0 Å². The number of nitrogens with one attached hydrogen (secondary N) is 2. The van der Waals surface area contributed by atoms with E-state index < -0.39 is 26.9 Å². The number of aromatic hydroxyl groups is 1. The Labute approximate surface area is 234 Å². The Balaban J connectivity index is 1.73. The molecule has 0 aliphatic rings. The smallest absolute Gasteiger partial charge is 0.255 e. The quantitative estimate of drug-likeness (QED) is 0.234. The predicted molar refractivity (Wildman–Crippen MR) is 154 cm³/mol. The molecule has 0 aliphatic carbocycles. The lowest BCUT2D eigenvalue weighted by Crippen LogP contribution is -2.34. The van der Waals surface area contributed by atoms with Crippen LogP contribution in [0.3, 0.4) is 0 Å². The minimum absolute atomic E-state index is 0.00866. The van der Waals surface area contributed by atoms with E-state index >= 15 is 0 Å². The van der Waals surface area contributed by atoms with Crippen molar-refractivity contribution in [1.82, 2.24) is 0 Å². The van der Waals surface area contributed by atoms with Crippen LogP contribution in [0, 0.1) is 12.8 Å². The zero-order valence-corrected chi connectivity index (χ0v) is 23.9. The van der Waals surface area contributed by atoms with Crippen LogP contribution in [0.25, 0.3) is 0 Å². The number of phenols is 1. The number of hydrogen-bond donors (Lipinski definition) is 3. The highest BCUT2D eigenvalue weighted by Crippen LogP contribution is 2.35. The fraction of sp³-hybridized carbons (Fsp3) is 0.310. The molecule has 0 aromatic heterocycles. The van der Waals surface area contributed by atoms with Gasteiger partial charge in [0.2, 0.25) is 5.91 Å². The number of carbonyl (C=O) groups excluding carboxylic acids is 2. The van der Waals surface area contributed by atoms with Gasteiger partial charge in [0, 0.05) is 11.6 Å². The van der Waals surface area contributed by atoms with Crippen molar-refractivity contribution in [2.75, 3.05) is 17.2 Å². The summed E-state index contributed by atoms with van der Waals surface area (Å²) in [4.78, 5) is 25.6. The van der Waals surface area contributed by atoms with Crippen molar-refractivity contribution >= 4 is 44.6 Å². The monoisotopic (exact) mass is 572 g/mol. The van der Waals surface area contributed by atoms with Gasteiger partial charge in [0.1, 0.15) is 16.7 Å². The van der Waals surface area contributed by atoms with Crippen molar-refractivity contribution in [2.45, 2.75) is 50.7 Å². The lowest BCUT2D eigenvalue weighted by Gasteiger charge is -2.18. The van der Waals surface area contributed by atoms with Gasteiger partial charge in [0.15, 0.2) is 9.84 Å². The van der Waals surface area contributed by atoms with Crippen LogP contribution in [0.15, 0.2) is 65.6 Å². The predicted octanol–water partition coefficient (Wildman–Crippen LogP) is 6.22. The normalized spacial score (nSPS) is 12.8. The Kier molecular flexibility index (Phi) is 9.99. The highest BCUT2D eigenvalue weighted by atomic mass is 35.5. The summed E-state index contributed by atoms with van der Waals surface area (Å²) in [6.45, 7) is 8.13. The van der Waals surface area contributed by atoms with Crippen LogP contribution in [0.2, 0.25) is 5.02 Å². The molecule has 3 aromatic carbocycles. The van der Waals surface area contributed by atoms with Gasteiger partial charge in [0.05, 0.1) is 27.9 Å². The van der Waals surface area contributed by atoms with E-state index in [1.54, 1.807) is 43.3 Å². The summed E-state index contributed by atoms with van der Waals surface area (Å²) < 4.78 is 32.2. The lowest BCUT2D eigenvalue weighted by molar-refractivity contribution is -0.115. The van der Waals surface area contributed by atoms with Gasteiger partial charge in [-0.05, 0) is 61.7 Å². The molecule has 10 heteroatoms. The maximum atomic E-state index is 13.3. The average molecular weight is 573 g/mol. The summed E-state index contributed by atoms with van der Waals surface area (Å²) in [5, 5.41) is 14.2. The Hall–Kier alpha value is -3.56. The number of benzene rings is 3. The van der Waals surface area contributed by atoms with Gasteiger partial charge < -0.3 is 20.5 Å². The molecule has 2 atom stereocenters. The van der Waals surface area contributed by atoms with Crippen molar-refractivity contribution in [3.05, 3.63) is 76.8 Å². The number of ether oxygens (including phenoxy) is 1. The Morgan fingerprint density at radius 3 is 2.18 bits per heavy atom. The van der Waals surface area contributed by atoms with Crippen molar-refractivity contribution in [1.29, 1.82) is 0 Å².